The molecule has 0 fully saturated rings. The lowest BCUT2D eigenvalue weighted by atomic mass is 10.2. The lowest BCUT2D eigenvalue weighted by Gasteiger charge is -1.99. The van der Waals surface area contributed by atoms with Crippen LogP contribution < -0.4 is 5.69 Å². The summed E-state index contributed by atoms with van der Waals surface area (Å²) in [6.07, 6.45) is 3.21. The summed E-state index contributed by atoms with van der Waals surface area (Å²) in [6.45, 7) is 4.59. The second-order valence-electron chi connectivity index (χ2n) is 3.50. The van der Waals surface area contributed by atoms with E-state index in [0.29, 0.717) is 13.1 Å². The summed E-state index contributed by atoms with van der Waals surface area (Å²) in [4.78, 5) is 11.8. The molecule has 0 N–H and O–H groups in total. The molecule has 0 amide bonds. The fraction of sp³-hybridized carbons (Fsp3) is 0.167. The largest absolute Gasteiger partial charge is 0.346 e. The standard InChI is InChI=1S/C12H13N3O/c1-2-8-14-10-13-15(12(14)16)9-11-6-4-3-5-7-11/h2-7,10H,1,8-9H2. The normalized spacial score (nSPS) is 10.2. The van der Waals surface area contributed by atoms with Gasteiger partial charge in [0.2, 0.25) is 0 Å². The van der Waals surface area contributed by atoms with Gasteiger partial charge in [-0.1, -0.05) is 36.4 Å². The Bertz CT molecular complexity index is 525. The molecule has 4 nitrogen and oxygen atoms in total. The highest BCUT2D eigenvalue weighted by molar-refractivity contribution is 5.14. The molecular formula is C12H13N3O. The predicted octanol–water partition coefficient (Wildman–Crippen LogP) is 1.28. The maximum absolute atomic E-state index is 11.8. The number of benzene rings is 1. The van der Waals surface area contributed by atoms with Crippen LogP contribution in [-0.2, 0) is 13.1 Å². The Morgan fingerprint density at radius 1 is 1.31 bits per heavy atom. The summed E-state index contributed by atoms with van der Waals surface area (Å²) < 4.78 is 2.97. The van der Waals surface area contributed by atoms with Crippen LogP contribution in [0.15, 0.2) is 54.1 Å². The van der Waals surface area contributed by atoms with Gasteiger partial charge < -0.3 is 0 Å². The van der Waals surface area contributed by atoms with E-state index in [1.807, 2.05) is 30.3 Å². The van der Waals surface area contributed by atoms with Crippen molar-refractivity contribution in [2.75, 3.05) is 0 Å². The number of nitrogens with zero attached hydrogens (tertiary/aromatic N) is 3. The van der Waals surface area contributed by atoms with Crippen LogP contribution in [0.25, 0.3) is 0 Å². The Balaban J connectivity index is 2.23. The van der Waals surface area contributed by atoms with E-state index in [-0.39, 0.29) is 5.69 Å². The van der Waals surface area contributed by atoms with Gasteiger partial charge in [0.05, 0.1) is 6.54 Å². The first-order valence-electron chi connectivity index (χ1n) is 5.08. The van der Waals surface area contributed by atoms with E-state index in [1.165, 1.54) is 15.6 Å². The maximum atomic E-state index is 11.8. The molecule has 0 bridgehead atoms. The lowest BCUT2D eigenvalue weighted by molar-refractivity contribution is 0.639. The molecule has 0 saturated heterocycles. The number of aromatic nitrogens is 3. The van der Waals surface area contributed by atoms with E-state index in [1.54, 1.807) is 6.08 Å². The first-order valence-corrected chi connectivity index (χ1v) is 5.08. The van der Waals surface area contributed by atoms with Crippen molar-refractivity contribution in [1.29, 1.82) is 0 Å². The van der Waals surface area contributed by atoms with Gasteiger partial charge in [0.25, 0.3) is 0 Å². The third-order valence-electron chi connectivity index (χ3n) is 2.30. The van der Waals surface area contributed by atoms with Crippen LogP contribution in [0.3, 0.4) is 0 Å². The van der Waals surface area contributed by atoms with Crippen LogP contribution in [0.2, 0.25) is 0 Å². The minimum Gasteiger partial charge on any atom is -0.278 e. The van der Waals surface area contributed by atoms with Crippen molar-refractivity contribution in [3.63, 3.8) is 0 Å². The highest BCUT2D eigenvalue weighted by Gasteiger charge is 2.03. The summed E-state index contributed by atoms with van der Waals surface area (Å²) in [5.41, 5.74) is 0.956. The molecule has 1 heterocycles. The average molecular weight is 215 g/mol. The van der Waals surface area contributed by atoms with Crippen LogP contribution >= 0.6 is 0 Å². The average Bonchev–Trinajstić information content (AvgIpc) is 2.64. The van der Waals surface area contributed by atoms with Crippen molar-refractivity contribution >= 4 is 0 Å². The molecule has 4 heteroatoms. The van der Waals surface area contributed by atoms with Gasteiger partial charge >= 0.3 is 5.69 Å². The Hall–Kier alpha value is -2.10. The fourth-order valence-corrected chi connectivity index (χ4v) is 1.50. The predicted molar refractivity (Wildman–Crippen MR) is 62.2 cm³/mol. The topological polar surface area (TPSA) is 39.8 Å². The van der Waals surface area contributed by atoms with E-state index in [2.05, 4.69) is 11.7 Å². The summed E-state index contributed by atoms with van der Waals surface area (Å²) in [5.74, 6) is 0. The second-order valence-corrected chi connectivity index (χ2v) is 3.50. The number of rotatable bonds is 4. The van der Waals surface area contributed by atoms with Crippen molar-refractivity contribution in [3.05, 3.63) is 65.4 Å². The molecule has 0 spiro atoms. The van der Waals surface area contributed by atoms with Crippen molar-refractivity contribution in [3.8, 4) is 0 Å². The van der Waals surface area contributed by atoms with Gasteiger partial charge in [-0.2, -0.15) is 5.10 Å². The number of allylic oxidation sites excluding steroid dienone is 1. The fourth-order valence-electron chi connectivity index (χ4n) is 1.50. The van der Waals surface area contributed by atoms with Gasteiger partial charge in [-0.15, -0.1) is 6.58 Å². The SMILES string of the molecule is C=CCn1cnn(Cc2ccccc2)c1=O. The molecule has 2 aromatic rings. The summed E-state index contributed by atoms with van der Waals surface area (Å²) in [6, 6.07) is 9.78. The molecule has 0 aliphatic carbocycles. The third kappa shape index (κ3) is 2.11. The molecule has 1 aromatic heterocycles. The highest BCUT2D eigenvalue weighted by Crippen LogP contribution is 1.99. The molecule has 16 heavy (non-hydrogen) atoms. The van der Waals surface area contributed by atoms with Gasteiger partial charge in [-0.05, 0) is 5.56 Å². The molecule has 0 atom stereocenters. The monoisotopic (exact) mass is 215 g/mol. The van der Waals surface area contributed by atoms with Crippen LogP contribution in [-0.4, -0.2) is 14.3 Å². The zero-order chi connectivity index (χ0) is 11.4. The first kappa shape index (κ1) is 10.4. The van der Waals surface area contributed by atoms with Crippen LogP contribution in [0.4, 0.5) is 0 Å². The molecule has 82 valence electrons. The Morgan fingerprint density at radius 3 is 2.75 bits per heavy atom. The van der Waals surface area contributed by atoms with Gasteiger partial charge in [-0.3, -0.25) is 4.57 Å². The van der Waals surface area contributed by atoms with Crippen LogP contribution in [0.5, 0.6) is 0 Å². The molecular weight excluding hydrogens is 202 g/mol. The van der Waals surface area contributed by atoms with E-state index < -0.39 is 0 Å². The molecule has 0 unspecified atom stereocenters. The minimum atomic E-state index is -0.108. The van der Waals surface area contributed by atoms with Crippen LogP contribution in [0.1, 0.15) is 5.56 Å². The second kappa shape index (κ2) is 4.61. The maximum Gasteiger partial charge on any atom is 0.346 e. The van der Waals surface area contributed by atoms with E-state index in [0.717, 1.165) is 5.56 Å². The molecule has 1 aromatic carbocycles. The zero-order valence-electron chi connectivity index (χ0n) is 8.91. The van der Waals surface area contributed by atoms with Crippen LogP contribution in [0, 0.1) is 0 Å². The van der Waals surface area contributed by atoms with E-state index in [9.17, 15) is 4.79 Å². The molecule has 0 aliphatic heterocycles. The molecule has 2 rings (SSSR count). The summed E-state index contributed by atoms with van der Waals surface area (Å²) in [7, 11) is 0. The Morgan fingerprint density at radius 2 is 2.06 bits per heavy atom. The summed E-state index contributed by atoms with van der Waals surface area (Å²) >= 11 is 0. The zero-order valence-corrected chi connectivity index (χ0v) is 8.91. The first-order chi connectivity index (χ1) is 7.81. The highest BCUT2D eigenvalue weighted by atomic mass is 16.2. The quantitative estimate of drug-likeness (QED) is 0.721. The summed E-state index contributed by atoms with van der Waals surface area (Å²) in [5, 5.41) is 4.05. The smallest absolute Gasteiger partial charge is 0.278 e. The molecule has 0 aliphatic rings. The van der Waals surface area contributed by atoms with Crippen molar-refractivity contribution in [2.45, 2.75) is 13.1 Å². The van der Waals surface area contributed by atoms with Gasteiger partial charge in [-0.25, -0.2) is 9.48 Å². The lowest BCUT2D eigenvalue weighted by Crippen LogP contribution is -2.24. The van der Waals surface area contributed by atoms with Gasteiger partial charge in [0, 0.05) is 6.54 Å². The molecule has 0 saturated carbocycles. The van der Waals surface area contributed by atoms with Crippen molar-refractivity contribution < 1.29 is 0 Å². The molecule has 0 radical (unpaired) electrons. The number of hydrogen-bond acceptors (Lipinski definition) is 2. The van der Waals surface area contributed by atoms with E-state index >= 15 is 0 Å². The third-order valence-corrected chi connectivity index (χ3v) is 2.30. The minimum absolute atomic E-state index is 0.108. The Labute approximate surface area is 93.5 Å². The van der Waals surface area contributed by atoms with Gasteiger partial charge in [0.15, 0.2) is 0 Å². The number of hydrogen-bond donors (Lipinski definition) is 0. The Kier molecular flexibility index (Phi) is 3.00. The van der Waals surface area contributed by atoms with E-state index in [4.69, 9.17) is 0 Å². The van der Waals surface area contributed by atoms with Crippen molar-refractivity contribution in [1.82, 2.24) is 14.3 Å². The van der Waals surface area contributed by atoms with Gasteiger partial charge in [0.1, 0.15) is 6.33 Å². The van der Waals surface area contributed by atoms with Crippen molar-refractivity contribution in [2.24, 2.45) is 0 Å².